The molecule has 1 aromatic carbocycles. The van der Waals surface area contributed by atoms with Crippen molar-refractivity contribution >= 4 is 21.6 Å². The molecule has 0 bridgehead atoms. The maximum absolute atomic E-state index is 6.23. The first-order valence-corrected chi connectivity index (χ1v) is 10.2. The van der Waals surface area contributed by atoms with Crippen LogP contribution in [0.3, 0.4) is 0 Å². The second-order valence-corrected chi connectivity index (χ2v) is 8.27. The summed E-state index contributed by atoms with van der Waals surface area (Å²) in [5, 5.41) is 0.987. The summed E-state index contributed by atoms with van der Waals surface area (Å²) in [4.78, 5) is 13.3. The van der Waals surface area contributed by atoms with Gasteiger partial charge in [-0.15, -0.1) is 11.3 Å². The fraction of sp³-hybridized carbons (Fsp3) is 0.400. The minimum absolute atomic E-state index is 0.242. The van der Waals surface area contributed by atoms with Gasteiger partial charge in [0.15, 0.2) is 17.3 Å². The Kier molecular flexibility index (Phi) is 4.54. The third-order valence-corrected chi connectivity index (χ3v) is 6.31. The largest absolute Gasteiger partial charge is 0.454 e. The maximum atomic E-state index is 6.23. The molecule has 0 radical (unpaired) electrons. The van der Waals surface area contributed by atoms with Crippen LogP contribution in [0.5, 0.6) is 23.1 Å². The quantitative estimate of drug-likeness (QED) is 0.725. The van der Waals surface area contributed by atoms with Crippen molar-refractivity contribution in [3.8, 4) is 23.1 Å². The third-order valence-electron chi connectivity index (χ3n) is 5.21. The van der Waals surface area contributed by atoms with E-state index < -0.39 is 0 Å². The van der Waals surface area contributed by atoms with Gasteiger partial charge in [-0.25, -0.2) is 4.98 Å². The van der Waals surface area contributed by atoms with Crippen LogP contribution >= 0.6 is 11.3 Å². The number of rotatable bonds is 4. The molecule has 2 aliphatic rings. The lowest BCUT2D eigenvalue weighted by atomic mass is 10.2. The first-order valence-electron chi connectivity index (χ1n) is 9.43. The highest BCUT2D eigenvalue weighted by Gasteiger charge is 2.21. The topological polar surface area (TPSA) is 67.1 Å². The fourth-order valence-corrected chi connectivity index (χ4v) is 4.56. The van der Waals surface area contributed by atoms with E-state index >= 15 is 0 Å². The predicted molar refractivity (Wildman–Crippen MR) is 105 cm³/mol. The highest BCUT2D eigenvalue weighted by Crippen LogP contribution is 2.39. The molecule has 5 rings (SSSR count). The second-order valence-electron chi connectivity index (χ2n) is 7.06. The van der Waals surface area contributed by atoms with Crippen LogP contribution < -0.4 is 19.1 Å². The van der Waals surface area contributed by atoms with E-state index in [1.165, 1.54) is 15.3 Å². The number of benzene rings is 1. The second kappa shape index (κ2) is 7.20. The van der Waals surface area contributed by atoms with E-state index in [0.29, 0.717) is 17.4 Å². The number of aromatic nitrogens is 2. The van der Waals surface area contributed by atoms with Gasteiger partial charge in [-0.1, -0.05) is 0 Å². The van der Waals surface area contributed by atoms with Crippen LogP contribution in [0.15, 0.2) is 18.2 Å². The average molecular weight is 400 g/mol. The van der Waals surface area contributed by atoms with Crippen molar-refractivity contribution in [1.29, 1.82) is 0 Å². The Morgan fingerprint density at radius 1 is 1.11 bits per heavy atom. The normalized spacial score (nSPS) is 16.6. The maximum Gasteiger partial charge on any atom is 0.231 e. The van der Waals surface area contributed by atoms with Crippen molar-refractivity contribution in [2.24, 2.45) is 0 Å². The van der Waals surface area contributed by atoms with E-state index in [1.807, 2.05) is 18.2 Å². The molecule has 0 saturated carbocycles. The lowest BCUT2D eigenvalue weighted by Crippen LogP contribution is -3.12. The molecule has 28 heavy (non-hydrogen) atoms. The zero-order valence-electron chi connectivity index (χ0n) is 15.9. The van der Waals surface area contributed by atoms with Crippen LogP contribution in [0.2, 0.25) is 0 Å². The van der Waals surface area contributed by atoms with E-state index in [9.17, 15) is 0 Å². The first-order chi connectivity index (χ1) is 13.7. The van der Waals surface area contributed by atoms with Crippen molar-refractivity contribution < 1.29 is 23.8 Å². The van der Waals surface area contributed by atoms with Gasteiger partial charge in [0.05, 0.1) is 18.6 Å². The number of nitrogens with one attached hydrogen (secondary N) is 1. The molecule has 0 aliphatic carbocycles. The van der Waals surface area contributed by atoms with Crippen molar-refractivity contribution in [2.45, 2.75) is 20.4 Å². The summed E-state index contributed by atoms with van der Waals surface area (Å²) in [5.74, 6) is 3.52. The molecule has 146 valence electrons. The van der Waals surface area contributed by atoms with Gasteiger partial charge >= 0.3 is 0 Å². The van der Waals surface area contributed by atoms with Crippen molar-refractivity contribution in [1.82, 2.24) is 9.97 Å². The van der Waals surface area contributed by atoms with Crippen LogP contribution in [0.25, 0.3) is 10.2 Å². The molecule has 3 aromatic rings. The fourth-order valence-electron chi connectivity index (χ4n) is 3.52. The van der Waals surface area contributed by atoms with Crippen molar-refractivity contribution in [3.63, 3.8) is 0 Å². The summed E-state index contributed by atoms with van der Waals surface area (Å²) in [5.41, 5.74) is 1.17. The number of aryl methyl sites for hydroxylation is 2. The summed E-state index contributed by atoms with van der Waals surface area (Å²) in [6, 6.07) is 5.58. The zero-order valence-corrected chi connectivity index (χ0v) is 16.7. The lowest BCUT2D eigenvalue weighted by Gasteiger charge is -2.23. The molecule has 1 fully saturated rings. The molecule has 1 N–H and O–H groups in total. The van der Waals surface area contributed by atoms with Gasteiger partial charge in [-0.3, -0.25) is 0 Å². The number of quaternary nitrogens is 1. The van der Waals surface area contributed by atoms with E-state index in [2.05, 4.69) is 13.8 Å². The van der Waals surface area contributed by atoms with Crippen LogP contribution in [0.1, 0.15) is 16.3 Å². The Hall–Kier alpha value is -2.42. The van der Waals surface area contributed by atoms with Crippen LogP contribution in [-0.4, -0.2) is 43.1 Å². The highest BCUT2D eigenvalue weighted by atomic mass is 32.1. The summed E-state index contributed by atoms with van der Waals surface area (Å²) in [6.07, 6.45) is 0. The molecule has 0 atom stereocenters. The van der Waals surface area contributed by atoms with E-state index in [1.54, 1.807) is 11.3 Å². The smallest absolute Gasteiger partial charge is 0.231 e. The molecule has 4 heterocycles. The third kappa shape index (κ3) is 3.28. The van der Waals surface area contributed by atoms with Gasteiger partial charge in [0.25, 0.3) is 0 Å². The lowest BCUT2D eigenvalue weighted by molar-refractivity contribution is -0.922. The summed E-state index contributed by atoms with van der Waals surface area (Å²) < 4.78 is 22.5. The minimum Gasteiger partial charge on any atom is -0.454 e. The molecule has 0 amide bonds. The van der Waals surface area contributed by atoms with Crippen LogP contribution in [0, 0.1) is 13.8 Å². The molecule has 0 spiro atoms. The highest BCUT2D eigenvalue weighted by molar-refractivity contribution is 7.18. The molecule has 2 aromatic heterocycles. The summed E-state index contributed by atoms with van der Waals surface area (Å²) in [7, 11) is 0. The standard InChI is InChI=1S/C20H21N3O4S/c1-12-13(2)28-20-18(12)19(21-17(22-20)10-23-5-7-24-8-6-23)27-14-3-4-15-16(9-14)26-11-25-15/h3-4,9H,5-8,10-11H2,1-2H3/p+1. The number of morpholine rings is 1. The molecule has 0 unspecified atom stereocenters. The number of thiophene rings is 1. The molecule has 8 heteroatoms. The van der Waals surface area contributed by atoms with Gasteiger partial charge in [0, 0.05) is 10.9 Å². The Bertz CT molecular complexity index is 1030. The number of hydrogen-bond donors (Lipinski definition) is 1. The average Bonchev–Trinajstić information content (AvgIpc) is 3.27. The van der Waals surface area contributed by atoms with Gasteiger partial charge in [0.1, 0.15) is 30.2 Å². The molecule has 7 nitrogen and oxygen atoms in total. The van der Waals surface area contributed by atoms with E-state index in [4.69, 9.17) is 28.9 Å². The first kappa shape index (κ1) is 17.7. The van der Waals surface area contributed by atoms with Gasteiger partial charge < -0.3 is 23.8 Å². The van der Waals surface area contributed by atoms with Crippen LogP contribution in [0.4, 0.5) is 0 Å². The monoisotopic (exact) mass is 400 g/mol. The Balaban J connectivity index is 1.51. The number of ether oxygens (including phenoxy) is 4. The summed E-state index contributed by atoms with van der Waals surface area (Å²) >= 11 is 1.69. The zero-order chi connectivity index (χ0) is 19.1. The number of hydrogen-bond acceptors (Lipinski definition) is 7. The molecule has 2 aliphatic heterocycles. The van der Waals surface area contributed by atoms with Crippen LogP contribution in [-0.2, 0) is 11.3 Å². The molecular formula is C20H22N3O4S+. The van der Waals surface area contributed by atoms with E-state index in [-0.39, 0.29) is 6.79 Å². The Morgan fingerprint density at radius 3 is 2.79 bits per heavy atom. The minimum atomic E-state index is 0.242. The number of fused-ring (bicyclic) bond motifs is 2. The Morgan fingerprint density at radius 2 is 1.93 bits per heavy atom. The summed E-state index contributed by atoms with van der Waals surface area (Å²) in [6.45, 7) is 8.74. The van der Waals surface area contributed by atoms with Gasteiger partial charge in [0.2, 0.25) is 12.7 Å². The van der Waals surface area contributed by atoms with Gasteiger partial charge in [-0.05, 0) is 31.5 Å². The van der Waals surface area contributed by atoms with Crippen molar-refractivity contribution in [2.75, 3.05) is 33.1 Å². The number of nitrogens with zero attached hydrogens (tertiary/aromatic N) is 2. The van der Waals surface area contributed by atoms with Crippen molar-refractivity contribution in [3.05, 3.63) is 34.5 Å². The molecular weight excluding hydrogens is 378 g/mol. The molecule has 1 saturated heterocycles. The van der Waals surface area contributed by atoms with E-state index in [0.717, 1.165) is 54.6 Å². The predicted octanol–water partition coefficient (Wildman–Crippen LogP) is 2.24. The van der Waals surface area contributed by atoms with Gasteiger partial charge in [-0.2, -0.15) is 4.98 Å². The SMILES string of the molecule is Cc1sc2nc(C[NH+]3CCOCC3)nc(Oc3ccc4c(c3)OCO4)c2c1C. The Labute approximate surface area is 166 Å².